The van der Waals surface area contributed by atoms with Crippen LogP contribution in [0.2, 0.25) is 0 Å². The van der Waals surface area contributed by atoms with E-state index in [2.05, 4.69) is 47.4 Å². The van der Waals surface area contributed by atoms with E-state index in [4.69, 9.17) is 4.74 Å². The Balaban J connectivity index is 1.83. The Bertz CT molecular complexity index is 703. The highest BCUT2D eigenvalue weighted by Gasteiger charge is 2.32. The van der Waals surface area contributed by atoms with Crippen molar-refractivity contribution in [3.05, 3.63) is 65.7 Å². The van der Waals surface area contributed by atoms with Crippen LogP contribution in [0.5, 0.6) is 0 Å². The van der Waals surface area contributed by atoms with Gasteiger partial charge in [0.15, 0.2) is 0 Å². The molecular formula is C21H25NO2. The van der Waals surface area contributed by atoms with E-state index in [0.29, 0.717) is 6.54 Å². The molecule has 2 aromatic carbocycles. The molecule has 0 radical (unpaired) electrons. The zero-order chi connectivity index (χ0) is 17.2. The molecule has 0 spiro atoms. The van der Waals surface area contributed by atoms with Crippen molar-refractivity contribution < 1.29 is 9.53 Å². The highest BCUT2D eigenvalue weighted by molar-refractivity contribution is 5.76. The predicted molar refractivity (Wildman–Crippen MR) is 97.0 cm³/mol. The summed E-state index contributed by atoms with van der Waals surface area (Å²) in [6, 6.07) is 18.7. The quantitative estimate of drug-likeness (QED) is 0.793. The Hall–Kier alpha value is -2.29. The first-order valence-corrected chi connectivity index (χ1v) is 8.52. The molecule has 2 aromatic rings. The number of hydrogen-bond acceptors (Lipinski definition) is 3. The van der Waals surface area contributed by atoms with Gasteiger partial charge in [-0.3, -0.25) is 4.79 Å². The fourth-order valence-electron chi connectivity index (χ4n) is 3.18. The van der Waals surface area contributed by atoms with E-state index in [-0.39, 0.29) is 11.9 Å². The van der Waals surface area contributed by atoms with E-state index in [1.54, 1.807) is 0 Å². The molecule has 1 atom stereocenters. The van der Waals surface area contributed by atoms with Crippen LogP contribution >= 0.6 is 0 Å². The molecule has 3 heteroatoms. The average Bonchev–Trinajstić information content (AvgIpc) is 2.54. The number of para-hydroxylation sites is 1. The molecule has 126 valence electrons. The maximum absolute atomic E-state index is 12.6. The second-order valence-corrected chi connectivity index (χ2v) is 7.43. The molecule has 0 amide bonds. The Morgan fingerprint density at radius 3 is 2.46 bits per heavy atom. The Labute approximate surface area is 144 Å². The molecule has 1 heterocycles. The van der Waals surface area contributed by atoms with Crippen LogP contribution in [0.15, 0.2) is 54.6 Å². The number of rotatable bonds is 3. The lowest BCUT2D eigenvalue weighted by Crippen LogP contribution is -2.41. The lowest BCUT2D eigenvalue weighted by Gasteiger charge is -2.36. The number of carbonyl (C=O) groups is 1. The number of esters is 1. The van der Waals surface area contributed by atoms with Gasteiger partial charge in [-0.25, -0.2) is 0 Å². The summed E-state index contributed by atoms with van der Waals surface area (Å²) in [5, 5.41) is 0. The smallest absolute Gasteiger partial charge is 0.311 e. The van der Waals surface area contributed by atoms with Gasteiger partial charge in [-0.05, 0) is 44.4 Å². The van der Waals surface area contributed by atoms with Gasteiger partial charge in [-0.15, -0.1) is 0 Å². The molecule has 0 N–H and O–H groups in total. The first-order valence-electron chi connectivity index (χ1n) is 8.52. The third-order valence-electron chi connectivity index (χ3n) is 4.20. The van der Waals surface area contributed by atoms with Gasteiger partial charge in [0.2, 0.25) is 0 Å². The van der Waals surface area contributed by atoms with Crippen LogP contribution in [-0.2, 0) is 22.5 Å². The third-order valence-corrected chi connectivity index (χ3v) is 4.20. The highest BCUT2D eigenvalue weighted by Crippen LogP contribution is 2.32. The largest absolute Gasteiger partial charge is 0.460 e. The molecule has 3 nitrogen and oxygen atoms in total. The van der Waals surface area contributed by atoms with E-state index in [1.807, 2.05) is 32.9 Å². The van der Waals surface area contributed by atoms with Crippen molar-refractivity contribution in [3.8, 4) is 0 Å². The number of nitrogens with zero attached hydrogens (tertiary/aromatic N) is 1. The topological polar surface area (TPSA) is 29.5 Å². The SMILES string of the molecule is CC(C)(C)OC(=O)C1Cc2ccccc2N(Cc2ccccc2)C1. The van der Waals surface area contributed by atoms with Crippen LogP contribution in [0.1, 0.15) is 31.9 Å². The zero-order valence-corrected chi connectivity index (χ0v) is 14.7. The molecule has 0 saturated carbocycles. The highest BCUT2D eigenvalue weighted by atomic mass is 16.6. The summed E-state index contributed by atoms with van der Waals surface area (Å²) in [4.78, 5) is 14.9. The van der Waals surface area contributed by atoms with Gasteiger partial charge in [0, 0.05) is 18.8 Å². The van der Waals surface area contributed by atoms with Crippen LogP contribution in [0.3, 0.4) is 0 Å². The zero-order valence-electron chi connectivity index (χ0n) is 14.7. The minimum Gasteiger partial charge on any atom is -0.460 e. The van der Waals surface area contributed by atoms with Gasteiger partial charge >= 0.3 is 5.97 Å². The third kappa shape index (κ3) is 3.97. The summed E-state index contributed by atoms with van der Waals surface area (Å²) in [6.07, 6.45) is 0.746. The number of ether oxygens (including phenoxy) is 1. The van der Waals surface area contributed by atoms with Crippen molar-refractivity contribution in [2.24, 2.45) is 5.92 Å². The second kappa shape index (κ2) is 6.68. The van der Waals surface area contributed by atoms with Gasteiger partial charge in [0.1, 0.15) is 5.60 Å². The summed E-state index contributed by atoms with van der Waals surface area (Å²) in [7, 11) is 0. The molecule has 1 aliphatic rings. The molecule has 0 saturated heterocycles. The second-order valence-electron chi connectivity index (χ2n) is 7.43. The van der Waals surface area contributed by atoms with Gasteiger partial charge < -0.3 is 9.64 Å². The lowest BCUT2D eigenvalue weighted by atomic mass is 9.92. The van der Waals surface area contributed by atoms with Crippen LogP contribution in [0.25, 0.3) is 0 Å². The summed E-state index contributed by atoms with van der Waals surface area (Å²) in [6.45, 7) is 7.26. The molecule has 0 aromatic heterocycles. The fourth-order valence-corrected chi connectivity index (χ4v) is 3.18. The molecular weight excluding hydrogens is 298 g/mol. The number of carbonyl (C=O) groups excluding carboxylic acids is 1. The van der Waals surface area contributed by atoms with Crippen LogP contribution < -0.4 is 4.90 Å². The first-order chi connectivity index (χ1) is 11.4. The van der Waals surface area contributed by atoms with E-state index >= 15 is 0 Å². The van der Waals surface area contributed by atoms with E-state index in [0.717, 1.165) is 13.0 Å². The fraction of sp³-hybridized carbons (Fsp3) is 0.381. The van der Waals surface area contributed by atoms with E-state index in [1.165, 1.54) is 16.8 Å². The molecule has 24 heavy (non-hydrogen) atoms. The van der Waals surface area contributed by atoms with Crippen LogP contribution in [-0.4, -0.2) is 18.1 Å². The minimum absolute atomic E-state index is 0.102. The van der Waals surface area contributed by atoms with Gasteiger partial charge in [-0.1, -0.05) is 48.5 Å². The maximum Gasteiger partial charge on any atom is 0.311 e. The summed E-state index contributed by atoms with van der Waals surface area (Å²) < 4.78 is 5.63. The summed E-state index contributed by atoms with van der Waals surface area (Å²) in [5.74, 6) is -0.224. The van der Waals surface area contributed by atoms with Crippen molar-refractivity contribution in [1.82, 2.24) is 0 Å². The van der Waals surface area contributed by atoms with Crippen molar-refractivity contribution >= 4 is 11.7 Å². The lowest BCUT2D eigenvalue weighted by molar-refractivity contribution is -0.159. The molecule has 0 fully saturated rings. The normalized spacial score (nSPS) is 17.3. The van der Waals surface area contributed by atoms with E-state index in [9.17, 15) is 4.79 Å². The minimum atomic E-state index is -0.446. The van der Waals surface area contributed by atoms with Crippen molar-refractivity contribution in [2.75, 3.05) is 11.4 Å². The first kappa shape index (κ1) is 16.6. The monoisotopic (exact) mass is 323 g/mol. The molecule has 3 rings (SSSR count). The number of hydrogen-bond donors (Lipinski definition) is 0. The number of fused-ring (bicyclic) bond motifs is 1. The Kier molecular flexibility index (Phi) is 4.61. The Morgan fingerprint density at radius 2 is 1.75 bits per heavy atom. The van der Waals surface area contributed by atoms with Crippen molar-refractivity contribution in [3.63, 3.8) is 0 Å². The number of benzene rings is 2. The summed E-state index contributed by atoms with van der Waals surface area (Å²) in [5.41, 5.74) is 3.24. The maximum atomic E-state index is 12.6. The molecule has 1 aliphatic heterocycles. The average molecular weight is 323 g/mol. The van der Waals surface area contributed by atoms with Gasteiger partial charge in [0.25, 0.3) is 0 Å². The van der Waals surface area contributed by atoms with E-state index < -0.39 is 5.60 Å². The number of anilines is 1. The standard InChI is InChI=1S/C21H25NO2/c1-21(2,3)24-20(23)18-13-17-11-7-8-12-19(17)22(15-18)14-16-9-5-4-6-10-16/h4-12,18H,13-15H2,1-3H3. The Morgan fingerprint density at radius 1 is 1.08 bits per heavy atom. The van der Waals surface area contributed by atoms with Crippen molar-refractivity contribution in [1.29, 1.82) is 0 Å². The predicted octanol–water partition coefficient (Wildman–Crippen LogP) is 4.21. The van der Waals surface area contributed by atoms with Crippen molar-refractivity contribution in [2.45, 2.75) is 39.3 Å². The van der Waals surface area contributed by atoms with Gasteiger partial charge in [0.05, 0.1) is 5.92 Å². The van der Waals surface area contributed by atoms with Gasteiger partial charge in [-0.2, -0.15) is 0 Å². The van der Waals surface area contributed by atoms with Crippen LogP contribution in [0, 0.1) is 5.92 Å². The van der Waals surface area contributed by atoms with Crippen LogP contribution in [0.4, 0.5) is 5.69 Å². The molecule has 1 unspecified atom stereocenters. The summed E-state index contributed by atoms with van der Waals surface area (Å²) >= 11 is 0. The molecule has 0 aliphatic carbocycles. The molecule has 0 bridgehead atoms.